The first-order valence-electron chi connectivity index (χ1n) is 42.4. The second-order valence-electron chi connectivity index (χ2n) is 33.0. The minimum Gasteiger partial charge on any atom is -0.489 e. The molecular weight excluding hydrogens is 1610 g/mol. The lowest BCUT2D eigenvalue weighted by Crippen LogP contribution is -2.61. The number of amides is 13. The van der Waals surface area contributed by atoms with Gasteiger partial charge in [-0.05, 0) is 140 Å². The third kappa shape index (κ3) is 29.6. The number of hydrogen-bond donors (Lipinski definition) is 11. The number of nitrogens with one attached hydrogen (secondary N) is 11. The average molecular weight is 1730 g/mol. The number of halogens is 2. The van der Waals surface area contributed by atoms with Gasteiger partial charge in [0, 0.05) is 61.1 Å². The van der Waals surface area contributed by atoms with Crippen molar-refractivity contribution in [1.29, 1.82) is 0 Å². The van der Waals surface area contributed by atoms with E-state index in [1.165, 1.54) is 9.80 Å². The summed E-state index contributed by atoms with van der Waals surface area (Å²) in [6.07, 6.45) is -1.11. The van der Waals surface area contributed by atoms with Crippen LogP contribution >= 0.6 is 23.2 Å². The van der Waals surface area contributed by atoms with Crippen LogP contribution in [0.5, 0.6) is 5.75 Å². The molecule has 123 heavy (non-hydrogen) atoms. The van der Waals surface area contributed by atoms with Crippen molar-refractivity contribution in [1.82, 2.24) is 68.3 Å². The molecular formula is C92H117Cl2N13O16. The number of alkyl carbamates (subject to hydrolysis) is 2. The topological polar surface area (TPSA) is 388 Å². The van der Waals surface area contributed by atoms with Gasteiger partial charge in [0.25, 0.3) is 0 Å². The van der Waals surface area contributed by atoms with Gasteiger partial charge in [-0.3, -0.25) is 52.7 Å². The van der Waals surface area contributed by atoms with Gasteiger partial charge in [0.1, 0.15) is 92.0 Å². The molecule has 0 aliphatic carbocycles. The standard InChI is InChI=1S/C92H117Cl2N13O16/c1-56(2)48-71-82(110)102-74(51-60-26-13-9-14-27-60)89(117)106-46-24-38-76(106)85(113)101-73(50-62-40-42-65(43-41-62)121-55-66-67(93)34-21-35-68(66)94)84(112)104-78(58(5)6)87(115)97-69(36-22-44-95-91(119)122-53-63-30-17-11-18-31-63)80(108)99-72(49-57(3)4)83(111)103-75(52-61-28-15-10-16-29-61)90(118)107-47-25-39-77(107)86(114)105-79(59(7)8)88(116)98-70(81(109)100-71)37-23-45-96-92(120)123-54-64-32-19-12-20-33-64/h9-21,26-35,40-43,56-59,69-79H,22-25,36-39,44-55H2,1-8H3,(H,95,119)(H,96,120)(H,97,115)(H,98,116)(H,99,108)(H,100,109)(H,101,113)(H,102,110)(H,103,111)(H,104,112)(H,105,114)/t69-,70-,71-,72-,73+,74+,75+,76-,77-,78-,79-/m0/s1. The van der Waals surface area contributed by atoms with Gasteiger partial charge in [0.2, 0.25) is 65.0 Å². The molecule has 11 atom stereocenters. The van der Waals surface area contributed by atoms with Crippen LogP contribution in [0.25, 0.3) is 0 Å². The summed E-state index contributed by atoms with van der Waals surface area (Å²) in [5, 5.41) is 32.1. The van der Waals surface area contributed by atoms with Gasteiger partial charge in [-0.2, -0.15) is 0 Å². The number of hydrogen-bond acceptors (Lipinski definition) is 16. The van der Waals surface area contributed by atoms with Crippen molar-refractivity contribution in [2.24, 2.45) is 23.7 Å². The molecule has 3 aliphatic rings. The van der Waals surface area contributed by atoms with E-state index < -0.39 is 155 Å². The van der Waals surface area contributed by atoms with Crippen LogP contribution in [0.4, 0.5) is 9.59 Å². The highest BCUT2D eigenvalue weighted by Crippen LogP contribution is 2.28. The van der Waals surface area contributed by atoms with E-state index in [1.807, 2.05) is 39.8 Å². The zero-order chi connectivity index (χ0) is 88.7. The van der Waals surface area contributed by atoms with Crippen LogP contribution in [-0.4, -0.2) is 180 Å². The van der Waals surface area contributed by atoms with Gasteiger partial charge in [0.05, 0.1) is 0 Å². The molecule has 31 heteroatoms. The van der Waals surface area contributed by atoms with Crippen molar-refractivity contribution in [3.63, 3.8) is 0 Å². The molecule has 9 rings (SSSR count). The lowest BCUT2D eigenvalue weighted by atomic mass is 9.99. The highest BCUT2D eigenvalue weighted by atomic mass is 35.5. The maximum absolute atomic E-state index is 15.6. The summed E-state index contributed by atoms with van der Waals surface area (Å²) in [6, 6.07) is 32.4. The third-order valence-electron chi connectivity index (χ3n) is 21.7. The molecule has 6 aromatic carbocycles. The van der Waals surface area contributed by atoms with Crippen molar-refractivity contribution in [3.8, 4) is 5.75 Å². The number of nitrogens with zero attached hydrogens (tertiary/aromatic N) is 2. The highest BCUT2D eigenvalue weighted by molar-refractivity contribution is 6.36. The van der Waals surface area contributed by atoms with Crippen LogP contribution in [-0.2, 0) is 101 Å². The Morgan fingerprint density at radius 2 is 0.707 bits per heavy atom. The summed E-state index contributed by atoms with van der Waals surface area (Å²) in [5.41, 5.74) is 3.79. The molecule has 11 N–H and O–H groups in total. The van der Waals surface area contributed by atoms with Crippen molar-refractivity contribution in [3.05, 3.63) is 207 Å². The Balaban J connectivity index is 1.09. The fourth-order valence-corrected chi connectivity index (χ4v) is 15.5. The second kappa shape index (κ2) is 47.7. The molecule has 0 unspecified atom stereocenters. The second-order valence-corrected chi connectivity index (χ2v) is 33.8. The first-order valence-corrected chi connectivity index (χ1v) is 43.2. The lowest BCUT2D eigenvalue weighted by molar-refractivity contribution is -0.143. The minimum atomic E-state index is -1.48. The van der Waals surface area contributed by atoms with E-state index >= 15 is 47.9 Å². The minimum absolute atomic E-state index is 0.00839. The SMILES string of the molecule is CC(C)C[C@@H]1NC(=O)[C@H](CCCNC(=O)OCc2ccccc2)NC(=O)[C@H](C(C)C)NC(=O)[C@@H](Cc2ccc(OCc3c(Cl)cccc3Cl)cc2)NC(=O)[C@@H]2CCCN2C(=O)[C@@H](Cc2ccccc2)NC(=O)[C@H](CC(C)C)NC(=O)[C@H](CCCNC(=O)OCc2ccccc2)NC(=O)[C@H](C(C)C)NC(=O)[C@@H]2CCCN2C(=O)[C@@H](Cc2ccccc2)NC1=O. The number of carbonyl (C=O) groups excluding carboxylic acids is 13. The maximum atomic E-state index is 15.6. The molecule has 0 radical (unpaired) electrons. The summed E-state index contributed by atoms with van der Waals surface area (Å²) < 4.78 is 17.0. The monoisotopic (exact) mass is 1730 g/mol. The van der Waals surface area contributed by atoms with E-state index in [9.17, 15) is 14.4 Å². The fraction of sp³-hybridized carbons (Fsp3) is 0.467. The number of rotatable bonds is 27. The van der Waals surface area contributed by atoms with E-state index in [-0.39, 0.29) is 128 Å². The zero-order valence-electron chi connectivity index (χ0n) is 71.1. The molecule has 0 spiro atoms. The smallest absolute Gasteiger partial charge is 0.407 e. The predicted octanol–water partition coefficient (Wildman–Crippen LogP) is 8.78. The van der Waals surface area contributed by atoms with E-state index in [0.717, 1.165) is 11.1 Å². The largest absolute Gasteiger partial charge is 0.489 e. The Labute approximate surface area is 729 Å². The molecule has 3 aliphatic heterocycles. The molecule has 6 aromatic rings. The summed E-state index contributed by atoms with van der Waals surface area (Å²) in [6.45, 7) is 13.9. The quantitative estimate of drug-likeness (QED) is 0.0215. The Bertz CT molecular complexity index is 4530. The van der Waals surface area contributed by atoms with Crippen LogP contribution in [0, 0.1) is 23.7 Å². The summed E-state index contributed by atoms with van der Waals surface area (Å²) in [5.74, 6) is -10.0. The van der Waals surface area contributed by atoms with Crippen LogP contribution in [0.2, 0.25) is 10.0 Å². The Morgan fingerprint density at radius 3 is 1.11 bits per heavy atom. The highest BCUT2D eigenvalue weighted by Gasteiger charge is 2.44. The number of benzene rings is 6. The van der Waals surface area contributed by atoms with Gasteiger partial charge in [-0.15, -0.1) is 0 Å². The van der Waals surface area contributed by atoms with Crippen molar-refractivity contribution >= 4 is 100 Å². The van der Waals surface area contributed by atoms with Crippen LogP contribution in [0.15, 0.2) is 164 Å². The Kier molecular flexibility index (Phi) is 37.0. The van der Waals surface area contributed by atoms with E-state index in [0.29, 0.717) is 50.9 Å². The lowest BCUT2D eigenvalue weighted by Gasteiger charge is -2.32. The molecule has 3 fully saturated rings. The molecule has 3 saturated heterocycles. The summed E-state index contributed by atoms with van der Waals surface area (Å²) in [4.78, 5) is 197. The molecule has 660 valence electrons. The van der Waals surface area contributed by atoms with E-state index in [2.05, 4.69) is 58.5 Å². The molecule has 3 heterocycles. The summed E-state index contributed by atoms with van der Waals surface area (Å²) in [7, 11) is 0. The van der Waals surface area contributed by atoms with Crippen LogP contribution in [0.1, 0.15) is 153 Å². The van der Waals surface area contributed by atoms with Gasteiger partial charge in [-0.1, -0.05) is 218 Å². The third-order valence-corrected chi connectivity index (χ3v) is 22.4. The van der Waals surface area contributed by atoms with Gasteiger partial charge >= 0.3 is 12.2 Å². The first-order chi connectivity index (χ1) is 59.0. The van der Waals surface area contributed by atoms with E-state index in [4.69, 9.17) is 37.4 Å². The Hall–Kier alpha value is -11.6. The normalized spacial score (nSPS) is 22.2. The molecule has 0 aromatic heterocycles. The molecule has 13 amide bonds. The van der Waals surface area contributed by atoms with Crippen molar-refractivity contribution in [2.45, 2.75) is 225 Å². The van der Waals surface area contributed by atoms with Gasteiger partial charge < -0.3 is 82.5 Å². The summed E-state index contributed by atoms with van der Waals surface area (Å²) >= 11 is 13.0. The Morgan fingerprint density at radius 1 is 0.374 bits per heavy atom. The van der Waals surface area contributed by atoms with Crippen molar-refractivity contribution < 1.29 is 76.5 Å². The average Bonchev–Trinajstić information content (AvgIpc) is 1.73. The molecule has 0 saturated carbocycles. The zero-order valence-corrected chi connectivity index (χ0v) is 72.6. The predicted molar refractivity (Wildman–Crippen MR) is 464 cm³/mol. The van der Waals surface area contributed by atoms with Gasteiger partial charge in [-0.25, -0.2) is 9.59 Å². The maximum Gasteiger partial charge on any atom is 0.407 e. The molecule has 0 bridgehead atoms. The number of carbonyl (C=O) groups is 13. The first kappa shape index (κ1) is 95.2. The molecule has 29 nitrogen and oxygen atoms in total. The van der Waals surface area contributed by atoms with Gasteiger partial charge in [0.15, 0.2) is 0 Å². The van der Waals surface area contributed by atoms with Crippen LogP contribution in [0.3, 0.4) is 0 Å². The van der Waals surface area contributed by atoms with Crippen molar-refractivity contribution in [2.75, 3.05) is 26.2 Å². The fourth-order valence-electron chi connectivity index (χ4n) is 15.0. The van der Waals surface area contributed by atoms with Crippen LogP contribution < -0.4 is 63.2 Å². The number of fused-ring (bicyclic) bond motifs is 2. The number of ether oxygens (including phenoxy) is 3. The van der Waals surface area contributed by atoms with E-state index in [1.54, 1.807) is 179 Å².